The van der Waals surface area contributed by atoms with Crippen LogP contribution in [0.15, 0.2) is 42.7 Å². The van der Waals surface area contributed by atoms with Crippen LogP contribution in [0, 0.1) is 0 Å². The number of carbonyl (C=O) groups excluding carboxylic acids is 1. The summed E-state index contributed by atoms with van der Waals surface area (Å²) in [6.45, 7) is 0.697. The van der Waals surface area contributed by atoms with Gasteiger partial charge in [-0.1, -0.05) is 6.92 Å². The highest BCUT2D eigenvalue weighted by Crippen LogP contribution is 2.36. The maximum absolute atomic E-state index is 12.7. The number of alkyl halides is 3. The summed E-state index contributed by atoms with van der Waals surface area (Å²) < 4.78 is 60.5. The summed E-state index contributed by atoms with van der Waals surface area (Å²) in [7, 11) is 3.03. The molecule has 14 heteroatoms. The van der Waals surface area contributed by atoms with E-state index in [0.29, 0.717) is 41.1 Å². The monoisotopic (exact) mass is 532 g/mol. The number of rotatable bonds is 10. The van der Waals surface area contributed by atoms with Crippen LogP contribution in [-0.2, 0) is 6.54 Å². The molecule has 0 unspecified atom stereocenters. The Morgan fingerprint density at radius 2 is 1.79 bits per heavy atom. The standard InChI is InChI=1S/C24H23F3N6O5/c1-4-9-33-12-19(37-13-24(25,26)27)22(32-33)23(34)29-20-5-6-21(31-30-20)38-16-7-8-28-15-11-18(36-3)17(35-2)10-14(15)16/h5-8,10-12H,4,9,13H2,1-3H3,(H,29,30,34). The van der Waals surface area contributed by atoms with Crippen LogP contribution in [0.3, 0.4) is 0 Å². The number of aromatic nitrogens is 5. The second-order valence-electron chi connectivity index (χ2n) is 7.86. The number of halogens is 3. The first-order chi connectivity index (χ1) is 18.2. The zero-order chi connectivity index (χ0) is 27.3. The van der Waals surface area contributed by atoms with Crippen molar-refractivity contribution in [1.29, 1.82) is 0 Å². The normalized spacial score (nSPS) is 11.3. The Morgan fingerprint density at radius 3 is 2.45 bits per heavy atom. The van der Waals surface area contributed by atoms with Crippen LogP contribution in [0.1, 0.15) is 23.8 Å². The average Bonchev–Trinajstić information content (AvgIpc) is 3.31. The van der Waals surface area contributed by atoms with Gasteiger partial charge in [0, 0.05) is 30.3 Å². The quantitative estimate of drug-likeness (QED) is 0.311. The number of nitrogens with zero attached hydrogens (tertiary/aromatic N) is 5. The molecule has 38 heavy (non-hydrogen) atoms. The van der Waals surface area contributed by atoms with Crippen molar-refractivity contribution in [3.05, 3.63) is 48.4 Å². The lowest BCUT2D eigenvalue weighted by Crippen LogP contribution is -2.21. The van der Waals surface area contributed by atoms with Crippen LogP contribution in [-0.4, -0.2) is 57.9 Å². The molecule has 0 atom stereocenters. The summed E-state index contributed by atoms with van der Waals surface area (Å²) in [5.74, 6) is 0.471. The second kappa shape index (κ2) is 11.2. The van der Waals surface area contributed by atoms with Gasteiger partial charge >= 0.3 is 6.18 Å². The first kappa shape index (κ1) is 26.4. The number of methoxy groups -OCH3 is 2. The Bertz CT molecular complexity index is 1430. The fourth-order valence-corrected chi connectivity index (χ4v) is 3.44. The van der Waals surface area contributed by atoms with Crippen LogP contribution in [0.5, 0.6) is 28.9 Å². The van der Waals surface area contributed by atoms with Crippen molar-refractivity contribution >= 4 is 22.6 Å². The molecule has 3 heterocycles. The molecule has 1 amide bonds. The third-order valence-electron chi connectivity index (χ3n) is 5.09. The maximum atomic E-state index is 12.7. The maximum Gasteiger partial charge on any atom is 0.422 e. The molecule has 11 nitrogen and oxygen atoms in total. The van der Waals surface area contributed by atoms with Crippen molar-refractivity contribution < 1.29 is 36.9 Å². The summed E-state index contributed by atoms with van der Waals surface area (Å²) in [5, 5.41) is 15.0. The van der Waals surface area contributed by atoms with Gasteiger partial charge in [-0.25, -0.2) is 0 Å². The summed E-state index contributed by atoms with van der Waals surface area (Å²) in [5.41, 5.74) is 0.292. The van der Waals surface area contributed by atoms with E-state index < -0.39 is 18.7 Å². The van der Waals surface area contributed by atoms with Crippen molar-refractivity contribution in [2.75, 3.05) is 26.1 Å². The van der Waals surface area contributed by atoms with Gasteiger partial charge in [-0.15, -0.1) is 10.2 Å². The van der Waals surface area contributed by atoms with Crippen LogP contribution in [0.25, 0.3) is 10.9 Å². The number of benzene rings is 1. The van der Waals surface area contributed by atoms with Gasteiger partial charge in [0.1, 0.15) is 5.75 Å². The first-order valence-corrected chi connectivity index (χ1v) is 11.3. The first-order valence-electron chi connectivity index (χ1n) is 11.3. The molecule has 0 bridgehead atoms. The number of carbonyl (C=O) groups is 1. The van der Waals surface area contributed by atoms with Crippen LogP contribution < -0.4 is 24.3 Å². The number of aryl methyl sites for hydroxylation is 1. The molecular formula is C24H23F3N6O5. The summed E-state index contributed by atoms with van der Waals surface area (Å²) >= 11 is 0. The molecule has 0 aliphatic heterocycles. The molecule has 0 aliphatic carbocycles. The van der Waals surface area contributed by atoms with Gasteiger partial charge in [0.05, 0.1) is 25.9 Å². The Kier molecular flexibility index (Phi) is 7.79. The van der Waals surface area contributed by atoms with E-state index in [2.05, 4.69) is 25.6 Å². The molecule has 0 aliphatic rings. The number of amides is 1. The summed E-state index contributed by atoms with van der Waals surface area (Å²) in [6, 6.07) is 7.95. The fraction of sp³-hybridized carbons (Fsp3) is 0.292. The zero-order valence-electron chi connectivity index (χ0n) is 20.6. The van der Waals surface area contributed by atoms with E-state index in [1.54, 1.807) is 24.4 Å². The minimum atomic E-state index is -4.57. The highest BCUT2D eigenvalue weighted by molar-refractivity contribution is 6.04. The number of hydrogen-bond donors (Lipinski definition) is 1. The van der Waals surface area contributed by atoms with Gasteiger partial charge in [-0.2, -0.15) is 18.3 Å². The number of hydrogen-bond acceptors (Lipinski definition) is 9. The van der Waals surface area contributed by atoms with Gasteiger partial charge < -0.3 is 24.3 Å². The average molecular weight is 532 g/mol. The van der Waals surface area contributed by atoms with Crippen LogP contribution in [0.4, 0.5) is 19.0 Å². The lowest BCUT2D eigenvalue weighted by molar-refractivity contribution is -0.153. The molecule has 0 radical (unpaired) electrons. The van der Waals surface area contributed by atoms with Crippen LogP contribution >= 0.6 is 0 Å². The lowest BCUT2D eigenvalue weighted by Gasteiger charge is -2.12. The van der Waals surface area contributed by atoms with E-state index in [0.717, 1.165) is 0 Å². The van der Waals surface area contributed by atoms with E-state index in [9.17, 15) is 18.0 Å². The molecule has 1 N–H and O–H groups in total. The Labute approximate surface area is 214 Å². The minimum absolute atomic E-state index is 0.0279. The number of ether oxygens (including phenoxy) is 4. The molecule has 0 spiro atoms. The second-order valence-corrected chi connectivity index (χ2v) is 7.86. The van der Waals surface area contributed by atoms with E-state index >= 15 is 0 Å². The lowest BCUT2D eigenvalue weighted by atomic mass is 10.2. The minimum Gasteiger partial charge on any atom is -0.493 e. The predicted octanol–water partition coefficient (Wildman–Crippen LogP) is 4.63. The van der Waals surface area contributed by atoms with Crippen molar-refractivity contribution in [1.82, 2.24) is 25.0 Å². The van der Waals surface area contributed by atoms with Crippen LogP contribution in [0.2, 0.25) is 0 Å². The summed E-state index contributed by atoms with van der Waals surface area (Å²) in [6.07, 6.45) is -1.11. The molecule has 1 aromatic carbocycles. The van der Waals surface area contributed by atoms with Crippen molar-refractivity contribution in [3.63, 3.8) is 0 Å². The van der Waals surface area contributed by atoms with Gasteiger partial charge in [0.2, 0.25) is 5.88 Å². The molecular weight excluding hydrogens is 509 g/mol. The van der Waals surface area contributed by atoms with Gasteiger partial charge in [0.25, 0.3) is 5.91 Å². The number of nitrogens with one attached hydrogen (secondary N) is 1. The number of pyridine rings is 1. The summed E-state index contributed by atoms with van der Waals surface area (Å²) in [4.78, 5) is 17.0. The van der Waals surface area contributed by atoms with Gasteiger partial charge in [-0.3, -0.25) is 14.5 Å². The molecule has 0 saturated heterocycles. The number of anilines is 1. The van der Waals surface area contributed by atoms with E-state index in [-0.39, 0.29) is 23.1 Å². The third-order valence-corrected chi connectivity index (χ3v) is 5.09. The predicted molar refractivity (Wildman–Crippen MR) is 129 cm³/mol. The Morgan fingerprint density at radius 1 is 1.03 bits per heavy atom. The fourth-order valence-electron chi connectivity index (χ4n) is 3.44. The van der Waals surface area contributed by atoms with Crippen molar-refractivity contribution in [2.45, 2.75) is 26.1 Å². The van der Waals surface area contributed by atoms with E-state index in [1.165, 1.54) is 37.2 Å². The smallest absolute Gasteiger partial charge is 0.422 e. The largest absolute Gasteiger partial charge is 0.493 e. The molecule has 0 fully saturated rings. The number of fused-ring (bicyclic) bond motifs is 1. The Hall–Kier alpha value is -4.62. The van der Waals surface area contributed by atoms with Gasteiger partial charge in [-0.05, 0) is 24.6 Å². The van der Waals surface area contributed by atoms with E-state index in [1.807, 2.05) is 6.92 Å². The highest BCUT2D eigenvalue weighted by atomic mass is 19.4. The molecule has 4 aromatic rings. The zero-order valence-corrected chi connectivity index (χ0v) is 20.6. The molecule has 3 aromatic heterocycles. The topological polar surface area (TPSA) is 123 Å². The highest BCUT2D eigenvalue weighted by Gasteiger charge is 2.30. The van der Waals surface area contributed by atoms with Crippen molar-refractivity contribution in [3.8, 4) is 28.9 Å². The Balaban J connectivity index is 1.50. The third kappa shape index (κ3) is 6.19. The molecule has 0 saturated carbocycles. The molecule has 200 valence electrons. The SMILES string of the molecule is CCCn1cc(OCC(F)(F)F)c(C(=O)Nc2ccc(Oc3ccnc4cc(OC)c(OC)cc34)nn2)n1. The van der Waals surface area contributed by atoms with E-state index in [4.69, 9.17) is 18.9 Å². The van der Waals surface area contributed by atoms with Crippen molar-refractivity contribution in [2.24, 2.45) is 0 Å². The van der Waals surface area contributed by atoms with Gasteiger partial charge in [0.15, 0.2) is 35.4 Å². The molecule has 4 rings (SSSR count).